The maximum absolute atomic E-state index is 12.5. The van der Waals surface area contributed by atoms with Gasteiger partial charge in [-0.1, -0.05) is 11.6 Å². The van der Waals surface area contributed by atoms with Crippen LogP contribution < -0.4 is 5.43 Å². The number of nitrogens with one attached hydrogen (secondary N) is 1. The molecule has 0 aliphatic rings. The Morgan fingerprint density at radius 1 is 1.57 bits per heavy atom. The molecule has 14 heavy (non-hydrogen) atoms. The third kappa shape index (κ3) is 1.51. The van der Waals surface area contributed by atoms with Crippen molar-refractivity contribution in [2.75, 3.05) is 0 Å². The summed E-state index contributed by atoms with van der Waals surface area (Å²) < 4.78 is 13.6. The molecule has 0 saturated heterocycles. The van der Waals surface area contributed by atoms with Gasteiger partial charge in [-0.3, -0.25) is 9.89 Å². The molecule has 0 spiro atoms. The molecule has 0 saturated carbocycles. The van der Waals surface area contributed by atoms with Crippen molar-refractivity contribution in [3.8, 4) is 5.82 Å². The highest BCUT2D eigenvalue weighted by Gasteiger charge is 2.06. The molecule has 0 aliphatic carbocycles. The first-order valence-corrected chi connectivity index (χ1v) is 4.01. The first-order chi connectivity index (χ1) is 6.66. The van der Waals surface area contributed by atoms with Crippen LogP contribution in [0.15, 0.2) is 23.1 Å². The number of aromatic nitrogens is 4. The Morgan fingerprint density at radius 3 is 2.93 bits per heavy atom. The summed E-state index contributed by atoms with van der Waals surface area (Å²) in [6.07, 6.45) is 1.29. The lowest BCUT2D eigenvalue weighted by Gasteiger charge is -1.97. The van der Waals surface area contributed by atoms with Crippen LogP contribution in [0, 0.1) is 5.95 Å². The summed E-state index contributed by atoms with van der Waals surface area (Å²) in [5.41, 5.74) is -0.433. The summed E-state index contributed by atoms with van der Waals surface area (Å²) in [5, 5.41) is 9.52. The van der Waals surface area contributed by atoms with Gasteiger partial charge in [0.05, 0.1) is 0 Å². The van der Waals surface area contributed by atoms with Gasteiger partial charge >= 0.3 is 0 Å². The first-order valence-electron chi connectivity index (χ1n) is 3.63. The van der Waals surface area contributed by atoms with Crippen LogP contribution >= 0.6 is 11.6 Å². The molecule has 2 aromatic rings. The maximum atomic E-state index is 12.5. The largest absolute Gasteiger partial charge is 0.286 e. The third-order valence-electron chi connectivity index (χ3n) is 1.52. The van der Waals surface area contributed by atoms with E-state index >= 15 is 0 Å². The lowest BCUT2D eigenvalue weighted by atomic mass is 10.5. The minimum absolute atomic E-state index is 0.0294. The van der Waals surface area contributed by atoms with Crippen molar-refractivity contribution in [3.63, 3.8) is 0 Å². The smallest absolute Gasteiger partial charge is 0.233 e. The van der Waals surface area contributed by atoms with Crippen LogP contribution in [-0.2, 0) is 0 Å². The molecule has 0 fully saturated rings. The van der Waals surface area contributed by atoms with Crippen LogP contribution in [-0.4, -0.2) is 20.0 Å². The summed E-state index contributed by atoms with van der Waals surface area (Å²) >= 11 is 5.49. The highest BCUT2D eigenvalue weighted by Crippen LogP contribution is 2.01. The SMILES string of the molecule is O=c1cc(Cl)[nH]nc1-n1ccc(F)n1. The number of rotatable bonds is 1. The second kappa shape index (κ2) is 3.22. The number of halogens is 2. The van der Waals surface area contributed by atoms with Crippen LogP contribution in [0.25, 0.3) is 5.82 Å². The molecule has 2 heterocycles. The molecule has 0 atom stereocenters. The van der Waals surface area contributed by atoms with E-state index in [-0.39, 0.29) is 11.0 Å². The zero-order valence-electron chi connectivity index (χ0n) is 6.74. The van der Waals surface area contributed by atoms with Crippen molar-refractivity contribution in [1.82, 2.24) is 20.0 Å². The van der Waals surface area contributed by atoms with Crippen LogP contribution in [0.5, 0.6) is 0 Å². The van der Waals surface area contributed by atoms with Crippen LogP contribution in [0.1, 0.15) is 0 Å². The Hall–Kier alpha value is -1.69. The summed E-state index contributed by atoms with van der Waals surface area (Å²) in [6, 6.07) is 2.26. The van der Waals surface area contributed by atoms with Crippen molar-refractivity contribution >= 4 is 11.6 Å². The van der Waals surface area contributed by atoms with Crippen molar-refractivity contribution in [3.05, 3.63) is 39.7 Å². The van der Waals surface area contributed by atoms with Gasteiger partial charge in [-0.05, 0) is 0 Å². The van der Waals surface area contributed by atoms with Crippen molar-refractivity contribution < 1.29 is 4.39 Å². The Labute approximate surface area is 82.1 Å². The second-order valence-corrected chi connectivity index (χ2v) is 2.89. The van der Waals surface area contributed by atoms with Gasteiger partial charge in [0.1, 0.15) is 5.15 Å². The lowest BCUT2D eigenvalue weighted by Crippen LogP contribution is -2.14. The minimum atomic E-state index is -0.679. The Kier molecular flexibility index (Phi) is 2.05. The molecular weight excluding hydrogens is 211 g/mol. The highest BCUT2D eigenvalue weighted by molar-refractivity contribution is 6.29. The maximum Gasteiger partial charge on any atom is 0.233 e. The Balaban J connectivity index is 2.57. The number of hydrogen-bond acceptors (Lipinski definition) is 3. The fourth-order valence-corrected chi connectivity index (χ4v) is 1.10. The van der Waals surface area contributed by atoms with E-state index in [4.69, 9.17) is 11.6 Å². The highest BCUT2D eigenvalue weighted by atomic mass is 35.5. The van der Waals surface area contributed by atoms with E-state index in [0.717, 1.165) is 16.8 Å². The molecular formula is C7H4ClFN4O. The molecule has 72 valence electrons. The minimum Gasteiger partial charge on any atom is -0.286 e. The number of aromatic amines is 1. The van der Waals surface area contributed by atoms with E-state index in [1.54, 1.807) is 0 Å². The summed E-state index contributed by atoms with van der Waals surface area (Å²) in [4.78, 5) is 11.3. The standard InChI is InChI=1S/C7H4ClFN4O/c8-5-3-4(14)7(11-10-5)13-2-1-6(9)12-13/h1-3H,(H,10,14). The fourth-order valence-electron chi connectivity index (χ4n) is 0.957. The lowest BCUT2D eigenvalue weighted by molar-refractivity contribution is 0.563. The molecule has 0 amide bonds. The summed E-state index contributed by atoms with van der Waals surface area (Å²) in [7, 11) is 0. The molecule has 0 aliphatic heterocycles. The molecule has 0 aromatic carbocycles. The average Bonchev–Trinajstić information content (AvgIpc) is 2.51. The summed E-state index contributed by atoms with van der Waals surface area (Å²) in [6.45, 7) is 0. The molecule has 7 heteroatoms. The molecule has 2 rings (SSSR count). The molecule has 1 N–H and O–H groups in total. The van der Waals surface area contributed by atoms with E-state index < -0.39 is 11.4 Å². The predicted molar refractivity (Wildman–Crippen MR) is 46.9 cm³/mol. The van der Waals surface area contributed by atoms with Gasteiger partial charge in [0.15, 0.2) is 0 Å². The average molecular weight is 215 g/mol. The van der Waals surface area contributed by atoms with Crippen molar-refractivity contribution in [2.45, 2.75) is 0 Å². The normalized spacial score (nSPS) is 10.4. The monoisotopic (exact) mass is 214 g/mol. The van der Waals surface area contributed by atoms with Crippen LogP contribution in [0.2, 0.25) is 5.15 Å². The first kappa shape index (κ1) is 8.89. The fraction of sp³-hybridized carbons (Fsp3) is 0. The molecule has 0 bridgehead atoms. The third-order valence-corrected chi connectivity index (χ3v) is 1.71. The Morgan fingerprint density at radius 2 is 2.36 bits per heavy atom. The quantitative estimate of drug-likeness (QED) is 0.762. The number of H-pyrrole nitrogens is 1. The van der Waals surface area contributed by atoms with E-state index in [2.05, 4.69) is 15.3 Å². The number of hydrogen-bond donors (Lipinski definition) is 1. The van der Waals surface area contributed by atoms with Crippen LogP contribution in [0.4, 0.5) is 4.39 Å². The molecule has 5 nitrogen and oxygen atoms in total. The van der Waals surface area contributed by atoms with E-state index in [1.807, 2.05) is 0 Å². The molecule has 0 radical (unpaired) electrons. The van der Waals surface area contributed by atoms with Gasteiger partial charge in [-0.15, -0.1) is 5.10 Å². The van der Waals surface area contributed by atoms with Gasteiger partial charge in [0, 0.05) is 18.3 Å². The number of nitrogens with zero attached hydrogens (tertiary/aromatic N) is 3. The van der Waals surface area contributed by atoms with Gasteiger partial charge < -0.3 is 0 Å². The second-order valence-electron chi connectivity index (χ2n) is 2.49. The van der Waals surface area contributed by atoms with E-state index in [0.29, 0.717) is 0 Å². The van der Waals surface area contributed by atoms with E-state index in [1.165, 1.54) is 6.20 Å². The van der Waals surface area contributed by atoms with Gasteiger partial charge in [-0.25, -0.2) is 4.68 Å². The van der Waals surface area contributed by atoms with Crippen LogP contribution in [0.3, 0.4) is 0 Å². The van der Waals surface area contributed by atoms with Crippen molar-refractivity contribution in [2.24, 2.45) is 0 Å². The molecule has 0 unspecified atom stereocenters. The van der Waals surface area contributed by atoms with Gasteiger partial charge in [0.2, 0.25) is 17.2 Å². The van der Waals surface area contributed by atoms with E-state index in [9.17, 15) is 9.18 Å². The Bertz CT molecular complexity index is 520. The van der Waals surface area contributed by atoms with Gasteiger partial charge in [-0.2, -0.15) is 9.49 Å². The zero-order valence-corrected chi connectivity index (χ0v) is 7.49. The van der Waals surface area contributed by atoms with Gasteiger partial charge in [0.25, 0.3) is 0 Å². The zero-order chi connectivity index (χ0) is 10.1. The van der Waals surface area contributed by atoms with Crippen molar-refractivity contribution in [1.29, 1.82) is 0 Å². The summed E-state index contributed by atoms with van der Waals surface area (Å²) in [5.74, 6) is -0.709. The topological polar surface area (TPSA) is 63.6 Å². The predicted octanol–water partition coefficient (Wildman–Crippen LogP) is 0.748. The molecule has 2 aromatic heterocycles.